The van der Waals surface area contributed by atoms with Gasteiger partial charge in [0, 0.05) is 14.1 Å². The predicted molar refractivity (Wildman–Crippen MR) is 72.9 cm³/mol. The fourth-order valence-electron chi connectivity index (χ4n) is 1.83. The van der Waals surface area contributed by atoms with Crippen LogP contribution in [-0.4, -0.2) is 9.13 Å². The molecule has 0 bridgehead atoms. The summed E-state index contributed by atoms with van der Waals surface area (Å²) >= 11 is 0. The topological polar surface area (TPSA) is 77.0 Å². The molecule has 7 heteroatoms. The van der Waals surface area contributed by atoms with Gasteiger partial charge in [0.25, 0.3) is 5.56 Å². The molecule has 2 aromatic rings. The first kappa shape index (κ1) is 14.5. The minimum atomic E-state index is -0.741. The number of aromatic nitrogens is 2. The molecular formula is C14H12FN3O3. The minimum absolute atomic E-state index is 0.170. The molecule has 0 aliphatic carbocycles. The molecule has 0 saturated carbocycles. The molecule has 0 amide bonds. The Morgan fingerprint density at radius 2 is 1.90 bits per heavy atom. The normalized spacial score (nSPS) is 10.2. The average Bonchev–Trinajstić information content (AvgIpc) is 2.46. The van der Waals surface area contributed by atoms with Crippen LogP contribution >= 0.6 is 0 Å². The van der Waals surface area contributed by atoms with Crippen LogP contribution in [0.5, 0.6) is 11.6 Å². The maximum Gasteiger partial charge on any atom is 0.333 e. The third kappa shape index (κ3) is 2.43. The van der Waals surface area contributed by atoms with E-state index in [2.05, 4.69) is 0 Å². The zero-order valence-electron chi connectivity index (χ0n) is 11.7. The molecule has 6 nitrogen and oxygen atoms in total. The smallest absolute Gasteiger partial charge is 0.333 e. The molecule has 0 saturated heterocycles. The molecule has 0 spiro atoms. The minimum Gasteiger partial charge on any atom is -0.439 e. The molecule has 1 heterocycles. The van der Waals surface area contributed by atoms with Gasteiger partial charge < -0.3 is 4.74 Å². The highest BCUT2D eigenvalue weighted by atomic mass is 19.1. The first-order valence-electron chi connectivity index (χ1n) is 6.01. The van der Waals surface area contributed by atoms with Crippen molar-refractivity contribution in [2.45, 2.75) is 6.92 Å². The van der Waals surface area contributed by atoms with E-state index in [-0.39, 0.29) is 17.2 Å². The van der Waals surface area contributed by atoms with Crippen molar-refractivity contribution in [2.75, 3.05) is 0 Å². The Labute approximate surface area is 119 Å². The summed E-state index contributed by atoms with van der Waals surface area (Å²) in [7, 11) is 2.66. The molecular weight excluding hydrogens is 277 g/mol. The molecule has 0 atom stereocenters. The van der Waals surface area contributed by atoms with Gasteiger partial charge in [-0.1, -0.05) is 0 Å². The molecule has 0 aliphatic heterocycles. The summed E-state index contributed by atoms with van der Waals surface area (Å²) in [6.45, 7) is 1.55. The quantitative estimate of drug-likeness (QED) is 0.832. The molecule has 1 aromatic carbocycles. The third-order valence-electron chi connectivity index (χ3n) is 3.07. The summed E-state index contributed by atoms with van der Waals surface area (Å²) in [5.74, 6) is -0.342. The van der Waals surface area contributed by atoms with Gasteiger partial charge >= 0.3 is 5.69 Å². The summed E-state index contributed by atoms with van der Waals surface area (Å²) in [5.41, 5.74) is -1.30. The number of rotatable bonds is 2. The van der Waals surface area contributed by atoms with Gasteiger partial charge in [0.2, 0.25) is 5.88 Å². The van der Waals surface area contributed by atoms with Crippen molar-refractivity contribution in [1.82, 2.24) is 9.13 Å². The summed E-state index contributed by atoms with van der Waals surface area (Å²) in [6, 6.07) is 5.70. The van der Waals surface area contributed by atoms with E-state index in [1.54, 1.807) is 13.0 Å². The molecule has 1 aromatic heterocycles. The van der Waals surface area contributed by atoms with Crippen LogP contribution in [0.25, 0.3) is 0 Å². The second-order valence-corrected chi connectivity index (χ2v) is 4.51. The number of benzene rings is 1. The van der Waals surface area contributed by atoms with Crippen molar-refractivity contribution in [3.8, 4) is 17.7 Å². The predicted octanol–water partition coefficient (Wildman–Crippen LogP) is 1.20. The van der Waals surface area contributed by atoms with Gasteiger partial charge in [-0.2, -0.15) is 5.26 Å². The van der Waals surface area contributed by atoms with Crippen molar-refractivity contribution in [3.63, 3.8) is 0 Å². The highest BCUT2D eigenvalue weighted by Crippen LogP contribution is 2.23. The van der Waals surface area contributed by atoms with E-state index in [0.717, 1.165) is 9.13 Å². The maximum atomic E-state index is 13.2. The highest BCUT2D eigenvalue weighted by Gasteiger charge is 2.17. The average molecular weight is 289 g/mol. The summed E-state index contributed by atoms with van der Waals surface area (Å²) in [5, 5.41) is 9.10. The van der Waals surface area contributed by atoms with Crippen LogP contribution in [0.4, 0.5) is 4.39 Å². The number of hydrogen-bond acceptors (Lipinski definition) is 4. The van der Waals surface area contributed by atoms with Crippen LogP contribution in [-0.2, 0) is 14.1 Å². The Kier molecular flexibility index (Phi) is 3.63. The SMILES string of the molecule is Cc1cc(Oc2c(C#N)c(=O)n(C)c(=O)n2C)ccc1F. The lowest BCUT2D eigenvalue weighted by Gasteiger charge is -2.13. The fraction of sp³-hybridized carbons (Fsp3) is 0.214. The number of ether oxygens (including phenoxy) is 1. The van der Waals surface area contributed by atoms with Gasteiger partial charge in [0.15, 0.2) is 5.56 Å². The molecule has 0 N–H and O–H groups in total. The van der Waals surface area contributed by atoms with Crippen LogP contribution < -0.4 is 16.0 Å². The lowest BCUT2D eigenvalue weighted by atomic mass is 10.2. The van der Waals surface area contributed by atoms with Crippen LogP contribution in [0.2, 0.25) is 0 Å². The monoisotopic (exact) mass is 289 g/mol. The first-order valence-corrected chi connectivity index (χ1v) is 6.01. The fourth-order valence-corrected chi connectivity index (χ4v) is 1.83. The van der Waals surface area contributed by atoms with E-state index >= 15 is 0 Å². The van der Waals surface area contributed by atoms with Gasteiger partial charge in [0.05, 0.1) is 0 Å². The van der Waals surface area contributed by atoms with Gasteiger partial charge in [-0.25, -0.2) is 9.18 Å². The van der Waals surface area contributed by atoms with Crippen molar-refractivity contribution >= 4 is 0 Å². The van der Waals surface area contributed by atoms with Gasteiger partial charge in [-0.05, 0) is 30.7 Å². The largest absolute Gasteiger partial charge is 0.439 e. The summed E-state index contributed by atoms with van der Waals surface area (Å²) < 4.78 is 20.5. The zero-order chi connectivity index (χ0) is 15.7. The Hall–Kier alpha value is -2.88. The number of aryl methyl sites for hydroxylation is 1. The number of nitriles is 1. The van der Waals surface area contributed by atoms with Crippen molar-refractivity contribution in [2.24, 2.45) is 14.1 Å². The molecule has 0 radical (unpaired) electrons. The summed E-state index contributed by atoms with van der Waals surface area (Å²) in [6.07, 6.45) is 0. The first-order chi connectivity index (χ1) is 9.86. The number of nitrogens with zero attached hydrogens (tertiary/aromatic N) is 3. The lowest BCUT2D eigenvalue weighted by Crippen LogP contribution is -2.38. The Morgan fingerprint density at radius 1 is 1.24 bits per heavy atom. The van der Waals surface area contributed by atoms with Crippen LogP contribution in [0.3, 0.4) is 0 Å². The Morgan fingerprint density at radius 3 is 2.48 bits per heavy atom. The molecule has 0 aliphatic rings. The van der Waals surface area contributed by atoms with Gasteiger partial charge in [0.1, 0.15) is 17.6 Å². The second kappa shape index (κ2) is 5.25. The Balaban J connectivity index is 2.65. The van der Waals surface area contributed by atoms with E-state index in [1.165, 1.54) is 32.3 Å². The number of halogens is 1. The Bertz CT molecular complexity index is 875. The number of hydrogen-bond donors (Lipinski definition) is 0. The molecule has 0 fully saturated rings. The van der Waals surface area contributed by atoms with E-state index in [9.17, 15) is 14.0 Å². The lowest BCUT2D eigenvalue weighted by molar-refractivity contribution is 0.420. The van der Waals surface area contributed by atoms with E-state index in [0.29, 0.717) is 5.56 Å². The second-order valence-electron chi connectivity index (χ2n) is 4.51. The molecule has 0 unspecified atom stereocenters. The molecule has 108 valence electrons. The van der Waals surface area contributed by atoms with Crippen molar-refractivity contribution in [1.29, 1.82) is 5.26 Å². The van der Waals surface area contributed by atoms with E-state index in [4.69, 9.17) is 10.00 Å². The van der Waals surface area contributed by atoms with Crippen LogP contribution in [0.1, 0.15) is 11.1 Å². The zero-order valence-corrected chi connectivity index (χ0v) is 11.7. The molecule has 21 heavy (non-hydrogen) atoms. The van der Waals surface area contributed by atoms with Gasteiger partial charge in [-0.3, -0.25) is 13.9 Å². The summed E-state index contributed by atoms with van der Waals surface area (Å²) in [4.78, 5) is 23.8. The third-order valence-corrected chi connectivity index (χ3v) is 3.07. The molecule has 2 rings (SSSR count). The van der Waals surface area contributed by atoms with Crippen LogP contribution in [0.15, 0.2) is 27.8 Å². The maximum absolute atomic E-state index is 13.2. The van der Waals surface area contributed by atoms with E-state index in [1.807, 2.05) is 0 Å². The van der Waals surface area contributed by atoms with E-state index < -0.39 is 17.1 Å². The van der Waals surface area contributed by atoms with Crippen LogP contribution in [0, 0.1) is 24.1 Å². The standard InChI is InChI=1S/C14H12FN3O3/c1-8-6-9(4-5-11(8)15)21-13-10(7-16)12(19)17(2)14(20)18(13)3/h4-6H,1-3H3. The highest BCUT2D eigenvalue weighted by molar-refractivity contribution is 5.40. The van der Waals surface area contributed by atoms with Crippen molar-refractivity contribution < 1.29 is 9.13 Å². The van der Waals surface area contributed by atoms with Crippen molar-refractivity contribution in [3.05, 3.63) is 56.0 Å². The van der Waals surface area contributed by atoms with Gasteiger partial charge in [-0.15, -0.1) is 0 Å².